The second kappa shape index (κ2) is 9.33. The van der Waals surface area contributed by atoms with Gasteiger partial charge in [-0.1, -0.05) is 42.5 Å². The average molecular weight is 405 g/mol. The number of carbonyl (C=O) groups is 1. The van der Waals surface area contributed by atoms with Crippen molar-refractivity contribution in [2.24, 2.45) is 5.10 Å². The SMILES string of the molecule is COc1cc(/C=N\NC(=O)c2ccc(-c3ccccc3)cc2)c([N+](=O)[O-])cc1OC. The number of methoxy groups -OCH3 is 2. The predicted octanol–water partition coefficient (Wildman–Crippen LogP) is 4.04. The fourth-order valence-corrected chi connectivity index (χ4v) is 2.82. The number of nitro groups is 1. The molecule has 3 aromatic carbocycles. The lowest BCUT2D eigenvalue weighted by atomic mass is 10.0. The number of nitro benzene ring substituents is 1. The van der Waals surface area contributed by atoms with Crippen LogP contribution in [0.15, 0.2) is 71.8 Å². The van der Waals surface area contributed by atoms with Crippen LogP contribution in [0, 0.1) is 10.1 Å². The zero-order valence-corrected chi connectivity index (χ0v) is 16.4. The molecule has 0 bridgehead atoms. The third-order valence-corrected chi connectivity index (χ3v) is 4.35. The highest BCUT2D eigenvalue weighted by Crippen LogP contribution is 2.33. The summed E-state index contributed by atoms with van der Waals surface area (Å²) in [6.45, 7) is 0. The number of benzene rings is 3. The molecule has 152 valence electrons. The van der Waals surface area contributed by atoms with Crippen LogP contribution >= 0.6 is 0 Å². The van der Waals surface area contributed by atoms with Crippen LogP contribution in [0.25, 0.3) is 11.1 Å². The Hall–Kier alpha value is -4.20. The molecule has 0 spiro atoms. The van der Waals surface area contributed by atoms with E-state index in [-0.39, 0.29) is 17.0 Å². The second-order valence-electron chi connectivity index (χ2n) is 6.17. The molecule has 0 aliphatic heterocycles. The van der Waals surface area contributed by atoms with Crippen molar-refractivity contribution < 1.29 is 19.2 Å². The number of nitrogens with zero attached hydrogens (tertiary/aromatic N) is 2. The molecule has 3 aromatic rings. The highest BCUT2D eigenvalue weighted by atomic mass is 16.6. The van der Waals surface area contributed by atoms with Crippen molar-refractivity contribution in [2.45, 2.75) is 0 Å². The monoisotopic (exact) mass is 405 g/mol. The molecule has 1 amide bonds. The molecular formula is C22H19N3O5. The zero-order valence-electron chi connectivity index (χ0n) is 16.4. The maximum Gasteiger partial charge on any atom is 0.282 e. The summed E-state index contributed by atoms with van der Waals surface area (Å²) in [6, 6.07) is 19.5. The smallest absolute Gasteiger partial charge is 0.282 e. The minimum atomic E-state index is -0.562. The minimum absolute atomic E-state index is 0.164. The molecule has 0 saturated heterocycles. The van der Waals surface area contributed by atoms with Gasteiger partial charge in [0.05, 0.1) is 37.0 Å². The Morgan fingerprint density at radius 3 is 2.17 bits per heavy atom. The maximum atomic E-state index is 12.3. The maximum absolute atomic E-state index is 12.3. The van der Waals surface area contributed by atoms with Crippen molar-refractivity contribution >= 4 is 17.8 Å². The first-order chi connectivity index (χ1) is 14.5. The van der Waals surface area contributed by atoms with Crippen molar-refractivity contribution in [1.29, 1.82) is 0 Å². The van der Waals surface area contributed by atoms with Gasteiger partial charge in [-0.05, 0) is 29.3 Å². The molecule has 0 aromatic heterocycles. The number of hydrazone groups is 1. The molecular weight excluding hydrogens is 386 g/mol. The number of carbonyl (C=O) groups excluding carboxylic acids is 1. The van der Waals surface area contributed by atoms with Crippen LogP contribution in [0.4, 0.5) is 5.69 Å². The predicted molar refractivity (Wildman–Crippen MR) is 113 cm³/mol. The first-order valence-electron chi connectivity index (χ1n) is 8.92. The largest absolute Gasteiger partial charge is 0.493 e. The minimum Gasteiger partial charge on any atom is -0.493 e. The van der Waals surface area contributed by atoms with Crippen LogP contribution in [0.5, 0.6) is 11.5 Å². The summed E-state index contributed by atoms with van der Waals surface area (Å²) in [5.41, 5.74) is 4.75. The van der Waals surface area contributed by atoms with Gasteiger partial charge in [0, 0.05) is 5.56 Å². The normalized spacial score (nSPS) is 10.6. The number of hydrogen-bond donors (Lipinski definition) is 1. The first kappa shape index (κ1) is 20.5. The van der Waals surface area contributed by atoms with E-state index in [2.05, 4.69) is 10.5 Å². The summed E-state index contributed by atoms with van der Waals surface area (Å²) < 4.78 is 10.2. The van der Waals surface area contributed by atoms with Gasteiger partial charge < -0.3 is 9.47 Å². The Morgan fingerprint density at radius 1 is 0.967 bits per heavy atom. The van der Waals surface area contributed by atoms with Gasteiger partial charge in [0.25, 0.3) is 11.6 Å². The van der Waals surface area contributed by atoms with Crippen molar-refractivity contribution in [3.05, 3.63) is 88.0 Å². The van der Waals surface area contributed by atoms with E-state index in [1.165, 1.54) is 32.6 Å². The first-order valence-corrected chi connectivity index (χ1v) is 8.92. The molecule has 1 N–H and O–H groups in total. The van der Waals surface area contributed by atoms with E-state index in [1.807, 2.05) is 42.5 Å². The van der Waals surface area contributed by atoms with E-state index in [4.69, 9.17) is 9.47 Å². The summed E-state index contributed by atoms with van der Waals surface area (Å²) in [7, 11) is 2.81. The molecule has 0 aliphatic rings. The highest BCUT2D eigenvalue weighted by Gasteiger charge is 2.18. The standard InChI is InChI=1S/C22H19N3O5/c1-29-20-12-18(19(25(27)28)13-21(20)30-2)14-23-24-22(26)17-10-8-16(9-11-17)15-6-4-3-5-7-15/h3-14H,1-2H3,(H,24,26)/b23-14-. The highest BCUT2D eigenvalue weighted by molar-refractivity contribution is 5.95. The van der Waals surface area contributed by atoms with Gasteiger partial charge in [-0.3, -0.25) is 14.9 Å². The molecule has 0 fully saturated rings. The van der Waals surface area contributed by atoms with E-state index in [0.29, 0.717) is 11.3 Å². The van der Waals surface area contributed by atoms with Crippen molar-refractivity contribution in [3.8, 4) is 22.6 Å². The number of nitrogens with one attached hydrogen (secondary N) is 1. The summed E-state index contributed by atoms with van der Waals surface area (Å²) in [6.07, 6.45) is 1.19. The van der Waals surface area contributed by atoms with E-state index in [1.54, 1.807) is 12.1 Å². The van der Waals surface area contributed by atoms with E-state index < -0.39 is 10.8 Å². The van der Waals surface area contributed by atoms with Gasteiger partial charge in [-0.2, -0.15) is 5.10 Å². The number of ether oxygens (including phenoxy) is 2. The van der Waals surface area contributed by atoms with E-state index in [0.717, 1.165) is 11.1 Å². The van der Waals surface area contributed by atoms with Crippen LogP contribution in [0.1, 0.15) is 15.9 Å². The van der Waals surface area contributed by atoms with E-state index >= 15 is 0 Å². The lowest BCUT2D eigenvalue weighted by molar-refractivity contribution is -0.385. The van der Waals surface area contributed by atoms with Crippen LogP contribution in [0.3, 0.4) is 0 Å². The molecule has 0 saturated carbocycles. The fraction of sp³-hybridized carbons (Fsp3) is 0.0909. The molecule has 0 aliphatic carbocycles. The number of rotatable bonds is 7. The Bertz CT molecular complexity index is 1080. The third kappa shape index (κ3) is 4.61. The third-order valence-electron chi connectivity index (χ3n) is 4.35. The molecule has 0 heterocycles. The van der Waals surface area contributed by atoms with Gasteiger partial charge in [-0.15, -0.1) is 0 Å². The van der Waals surface area contributed by atoms with Gasteiger partial charge in [0.2, 0.25) is 0 Å². The molecule has 8 nitrogen and oxygen atoms in total. The van der Waals surface area contributed by atoms with Gasteiger partial charge >= 0.3 is 0 Å². The molecule has 0 atom stereocenters. The molecule has 0 unspecified atom stereocenters. The average Bonchev–Trinajstić information content (AvgIpc) is 2.79. The van der Waals surface area contributed by atoms with Crippen molar-refractivity contribution in [3.63, 3.8) is 0 Å². The zero-order chi connectivity index (χ0) is 21.5. The quantitative estimate of drug-likeness (QED) is 0.363. The molecule has 3 rings (SSSR count). The van der Waals surface area contributed by atoms with Gasteiger partial charge in [0.1, 0.15) is 0 Å². The Morgan fingerprint density at radius 2 is 1.57 bits per heavy atom. The van der Waals surface area contributed by atoms with Gasteiger partial charge in [0.15, 0.2) is 11.5 Å². The summed E-state index contributed by atoms with van der Waals surface area (Å²) in [5.74, 6) is 0.102. The number of hydrogen-bond acceptors (Lipinski definition) is 6. The van der Waals surface area contributed by atoms with Crippen LogP contribution in [-0.4, -0.2) is 31.3 Å². The Kier molecular flexibility index (Phi) is 6.39. The van der Waals surface area contributed by atoms with E-state index in [9.17, 15) is 14.9 Å². The van der Waals surface area contributed by atoms with Crippen LogP contribution < -0.4 is 14.9 Å². The summed E-state index contributed by atoms with van der Waals surface area (Å²) in [5, 5.41) is 15.2. The van der Waals surface area contributed by atoms with Crippen LogP contribution in [-0.2, 0) is 0 Å². The lowest BCUT2D eigenvalue weighted by Gasteiger charge is -2.08. The van der Waals surface area contributed by atoms with Gasteiger partial charge in [-0.25, -0.2) is 5.43 Å². The van der Waals surface area contributed by atoms with Crippen molar-refractivity contribution in [2.75, 3.05) is 14.2 Å². The summed E-state index contributed by atoms with van der Waals surface area (Å²) in [4.78, 5) is 23.1. The molecule has 8 heteroatoms. The molecule has 0 radical (unpaired) electrons. The lowest BCUT2D eigenvalue weighted by Crippen LogP contribution is -2.17. The Labute approximate surface area is 172 Å². The topological polar surface area (TPSA) is 103 Å². The molecule has 30 heavy (non-hydrogen) atoms. The van der Waals surface area contributed by atoms with Crippen LogP contribution in [0.2, 0.25) is 0 Å². The number of amides is 1. The summed E-state index contributed by atoms with van der Waals surface area (Å²) >= 11 is 0. The fourth-order valence-electron chi connectivity index (χ4n) is 2.82. The second-order valence-corrected chi connectivity index (χ2v) is 6.17. The van der Waals surface area contributed by atoms with Crippen molar-refractivity contribution in [1.82, 2.24) is 5.43 Å². The Balaban J connectivity index is 1.75.